The number of hydrogen-bond acceptors (Lipinski definition) is 3. The van der Waals surface area contributed by atoms with E-state index < -0.39 is 10.0 Å². The molecule has 0 radical (unpaired) electrons. The molecule has 0 spiro atoms. The Morgan fingerprint density at radius 3 is 2.10 bits per heavy atom. The molecule has 1 aromatic rings. The average Bonchev–Trinajstić information content (AvgIpc) is 2.45. The van der Waals surface area contributed by atoms with E-state index in [4.69, 9.17) is 5.73 Å². The van der Waals surface area contributed by atoms with E-state index in [9.17, 15) is 8.42 Å². The molecule has 4 nitrogen and oxygen atoms in total. The topological polar surface area (TPSA) is 63.4 Å². The second kappa shape index (κ2) is 7.92. The normalized spacial score (nSPS) is 18.1. The molecule has 0 atom stereocenters. The Hall–Kier alpha value is -0.910. The molecular weight excluding hydrogens is 284 g/mol. The van der Waals surface area contributed by atoms with Crippen LogP contribution < -0.4 is 5.73 Å². The van der Waals surface area contributed by atoms with Crippen LogP contribution in [0.25, 0.3) is 0 Å². The van der Waals surface area contributed by atoms with Gasteiger partial charge < -0.3 is 5.73 Å². The Morgan fingerprint density at radius 2 is 1.52 bits per heavy atom. The summed E-state index contributed by atoms with van der Waals surface area (Å²) in [4.78, 5) is 0.416. The van der Waals surface area contributed by atoms with Gasteiger partial charge in [0.15, 0.2) is 0 Å². The van der Waals surface area contributed by atoms with Crippen LogP contribution >= 0.6 is 0 Å². The minimum atomic E-state index is -3.33. The first-order chi connectivity index (χ1) is 10.1. The number of hydrogen-bond donors (Lipinski definition) is 1. The third-order valence-corrected chi connectivity index (χ3v) is 5.96. The van der Waals surface area contributed by atoms with Gasteiger partial charge in [-0.05, 0) is 49.9 Å². The zero-order chi connectivity index (χ0) is 15.1. The van der Waals surface area contributed by atoms with Crippen LogP contribution in [0, 0.1) is 0 Å². The molecule has 0 amide bonds. The van der Waals surface area contributed by atoms with Crippen LogP contribution in [0.15, 0.2) is 29.2 Å². The van der Waals surface area contributed by atoms with Gasteiger partial charge in [-0.1, -0.05) is 31.4 Å². The summed E-state index contributed by atoms with van der Waals surface area (Å²) in [5.41, 5.74) is 6.64. The molecule has 0 saturated carbocycles. The van der Waals surface area contributed by atoms with Crippen molar-refractivity contribution < 1.29 is 8.42 Å². The molecule has 1 aliphatic rings. The zero-order valence-corrected chi connectivity index (χ0v) is 13.4. The third-order valence-electron chi connectivity index (χ3n) is 4.05. The molecule has 1 aliphatic heterocycles. The quantitative estimate of drug-likeness (QED) is 0.909. The predicted octanol–water partition coefficient (Wildman–Crippen LogP) is 2.53. The van der Waals surface area contributed by atoms with E-state index in [1.807, 2.05) is 12.1 Å². The lowest BCUT2D eigenvalue weighted by Gasteiger charge is -2.24. The van der Waals surface area contributed by atoms with Crippen LogP contribution in [0.5, 0.6) is 0 Å². The van der Waals surface area contributed by atoms with E-state index in [0.29, 0.717) is 24.5 Å². The number of aryl methyl sites for hydroxylation is 1. The molecule has 0 unspecified atom stereocenters. The molecular formula is C16H26N2O2S. The van der Waals surface area contributed by atoms with E-state index in [1.54, 1.807) is 16.4 Å². The smallest absolute Gasteiger partial charge is 0.243 e. The molecule has 1 heterocycles. The maximum absolute atomic E-state index is 12.7. The summed E-state index contributed by atoms with van der Waals surface area (Å²) in [6, 6.07) is 7.29. The Kier molecular flexibility index (Phi) is 6.21. The van der Waals surface area contributed by atoms with Crippen molar-refractivity contribution in [3.05, 3.63) is 29.8 Å². The molecule has 2 rings (SSSR count). The standard InChI is InChI=1S/C16H26N2O2S/c17-12-6-7-15-8-10-16(11-9-15)21(19,20)18-13-4-2-1-3-5-14-18/h8-11H,1-7,12-14,17H2. The highest BCUT2D eigenvalue weighted by molar-refractivity contribution is 7.89. The lowest BCUT2D eigenvalue weighted by molar-refractivity contribution is 0.364. The molecule has 118 valence electrons. The van der Waals surface area contributed by atoms with E-state index in [2.05, 4.69) is 0 Å². The molecule has 1 aromatic carbocycles. The number of rotatable bonds is 5. The van der Waals surface area contributed by atoms with Gasteiger partial charge in [0.2, 0.25) is 10.0 Å². The molecule has 2 N–H and O–H groups in total. The second-order valence-corrected chi connectivity index (χ2v) is 7.65. The van der Waals surface area contributed by atoms with Crippen LogP contribution in [0.4, 0.5) is 0 Å². The molecule has 0 bridgehead atoms. The van der Waals surface area contributed by atoms with Crippen molar-refractivity contribution in [1.82, 2.24) is 4.31 Å². The van der Waals surface area contributed by atoms with Gasteiger partial charge >= 0.3 is 0 Å². The second-order valence-electron chi connectivity index (χ2n) is 5.71. The Balaban J connectivity index is 2.10. The maximum Gasteiger partial charge on any atom is 0.243 e. The fraction of sp³-hybridized carbons (Fsp3) is 0.625. The van der Waals surface area contributed by atoms with Gasteiger partial charge in [-0.15, -0.1) is 0 Å². The SMILES string of the molecule is NCCCc1ccc(S(=O)(=O)N2CCCCCCC2)cc1. The summed E-state index contributed by atoms with van der Waals surface area (Å²) >= 11 is 0. The van der Waals surface area contributed by atoms with Crippen LogP contribution in [-0.2, 0) is 16.4 Å². The van der Waals surface area contributed by atoms with Crippen LogP contribution in [0.3, 0.4) is 0 Å². The Morgan fingerprint density at radius 1 is 0.952 bits per heavy atom. The number of nitrogens with zero attached hydrogens (tertiary/aromatic N) is 1. The van der Waals surface area contributed by atoms with Crippen LogP contribution in [0.1, 0.15) is 44.1 Å². The van der Waals surface area contributed by atoms with E-state index in [1.165, 1.54) is 6.42 Å². The highest BCUT2D eigenvalue weighted by atomic mass is 32.2. The highest BCUT2D eigenvalue weighted by Crippen LogP contribution is 2.20. The molecule has 1 fully saturated rings. The minimum Gasteiger partial charge on any atom is -0.330 e. The summed E-state index contributed by atoms with van der Waals surface area (Å²) in [5.74, 6) is 0. The molecule has 5 heteroatoms. The first-order valence-corrected chi connectivity index (χ1v) is 9.38. The van der Waals surface area contributed by atoms with E-state index >= 15 is 0 Å². The summed E-state index contributed by atoms with van der Waals surface area (Å²) in [6.07, 6.45) is 7.25. The molecule has 21 heavy (non-hydrogen) atoms. The lowest BCUT2D eigenvalue weighted by atomic mass is 10.1. The molecule has 0 aliphatic carbocycles. The summed E-state index contributed by atoms with van der Waals surface area (Å²) in [5, 5.41) is 0. The van der Waals surface area contributed by atoms with Crippen molar-refractivity contribution in [3.63, 3.8) is 0 Å². The number of nitrogens with two attached hydrogens (primary N) is 1. The van der Waals surface area contributed by atoms with Crippen molar-refractivity contribution in [3.8, 4) is 0 Å². The first-order valence-electron chi connectivity index (χ1n) is 7.94. The van der Waals surface area contributed by atoms with Crippen molar-refractivity contribution in [2.45, 2.75) is 49.8 Å². The summed E-state index contributed by atoms with van der Waals surface area (Å²) in [6.45, 7) is 1.96. The Labute approximate surface area is 128 Å². The monoisotopic (exact) mass is 310 g/mol. The van der Waals surface area contributed by atoms with Gasteiger partial charge in [0.25, 0.3) is 0 Å². The number of sulfonamides is 1. The van der Waals surface area contributed by atoms with Gasteiger partial charge in [-0.2, -0.15) is 4.31 Å². The van der Waals surface area contributed by atoms with Crippen LogP contribution in [0.2, 0.25) is 0 Å². The average molecular weight is 310 g/mol. The van der Waals surface area contributed by atoms with Crippen LogP contribution in [-0.4, -0.2) is 32.4 Å². The molecule has 0 aromatic heterocycles. The maximum atomic E-state index is 12.7. The fourth-order valence-corrected chi connectivity index (χ4v) is 4.26. The van der Waals surface area contributed by atoms with Gasteiger partial charge in [0.05, 0.1) is 4.90 Å². The van der Waals surface area contributed by atoms with E-state index in [0.717, 1.165) is 44.1 Å². The van der Waals surface area contributed by atoms with E-state index in [-0.39, 0.29) is 0 Å². The van der Waals surface area contributed by atoms with Gasteiger partial charge in [0.1, 0.15) is 0 Å². The zero-order valence-electron chi connectivity index (χ0n) is 12.6. The Bertz CT molecular complexity index is 518. The van der Waals surface area contributed by atoms with Crippen molar-refractivity contribution in [2.75, 3.05) is 19.6 Å². The van der Waals surface area contributed by atoms with Gasteiger partial charge in [0, 0.05) is 13.1 Å². The van der Waals surface area contributed by atoms with Gasteiger partial charge in [-0.3, -0.25) is 0 Å². The largest absolute Gasteiger partial charge is 0.330 e. The fourth-order valence-electron chi connectivity index (χ4n) is 2.74. The van der Waals surface area contributed by atoms with Gasteiger partial charge in [-0.25, -0.2) is 8.42 Å². The third kappa shape index (κ3) is 4.53. The predicted molar refractivity (Wildman–Crippen MR) is 85.7 cm³/mol. The minimum absolute atomic E-state index is 0.416. The summed E-state index contributed by atoms with van der Waals surface area (Å²) in [7, 11) is -3.33. The van der Waals surface area contributed by atoms with Crippen molar-refractivity contribution in [1.29, 1.82) is 0 Å². The highest BCUT2D eigenvalue weighted by Gasteiger charge is 2.24. The number of benzene rings is 1. The van der Waals surface area contributed by atoms with Crippen molar-refractivity contribution >= 4 is 10.0 Å². The molecule has 1 saturated heterocycles. The summed E-state index contributed by atoms with van der Waals surface area (Å²) < 4.78 is 27.0. The first kappa shape index (κ1) is 16.5. The van der Waals surface area contributed by atoms with Crippen molar-refractivity contribution in [2.24, 2.45) is 5.73 Å². The lowest BCUT2D eigenvalue weighted by Crippen LogP contribution is -2.33.